The molecule has 90 valence electrons. The number of aromatic nitrogens is 1. The largest absolute Gasteiger partial charge is 0.314 e. The van der Waals surface area contributed by atoms with Crippen LogP contribution in [0.3, 0.4) is 0 Å². The summed E-state index contributed by atoms with van der Waals surface area (Å²) in [4.78, 5) is 3.88. The van der Waals surface area contributed by atoms with Crippen molar-refractivity contribution in [2.45, 2.75) is 5.03 Å². The van der Waals surface area contributed by atoms with Gasteiger partial charge in [-0.1, -0.05) is 6.07 Å². The predicted octanol–water partition coefficient (Wildman–Crippen LogP) is 0.0973. The average molecular weight is 264 g/mol. The van der Waals surface area contributed by atoms with E-state index in [1.807, 2.05) is 0 Å². The van der Waals surface area contributed by atoms with E-state index in [1.54, 1.807) is 12.1 Å². The Balaban J connectivity index is 0.00000128. The zero-order chi connectivity index (χ0) is 10.7. The van der Waals surface area contributed by atoms with Crippen LogP contribution in [0.25, 0.3) is 0 Å². The fourth-order valence-electron chi connectivity index (χ4n) is 1.52. The van der Waals surface area contributed by atoms with Crippen LogP contribution < -0.4 is 5.32 Å². The van der Waals surface area contributed by atoms with Gasteiger partial charge in [0.1, 0.15) is 0 Å². The molecule has 0 amide bonds. The standard InChI is InChI=1S/C9H13N3O2S.ClH/c13-15(14,9-3-1-2-4-11-9)12-7-5-10-6-8-12;/h1-4,10H,5-8H2;1H. The molecule has 7 heteroatoms. The molecule has 2 rings (SSSR count). The molecule has 1 aliphatic rings. The Hall–Kier alpha value is -0.690. The molecule has 0 spiro atoms. The van der Waals surface area contributed by atoms with E-state index in [4.69, 9.17) is 0 Å². The highest BCUT2D eigenvalue weighted by Gasteiger charge is 2.26. The normalized spacial score (nSPS) is 17.8. The number of rotatable bonds is 2. The molecule has 0 aliphatic carbocycles. The second kappa shape index (κ2) is 5.58. The number of nitrogens with one attached hydrogen (secondary N) is 1. The molecular formula is C9H14ClN3O2S. The van der Waals surface area contributed by atoms with Crippen LogP contribution in [0.5, 0.6) is 0 Å². The minimum atomic E-state index is -3.38. The van der Waals surface area contributed by atoms with Gasteiger partial charge in [0.15, 0.2) is 5.03 Å². The second-order valence-electron chi connectivity index (χ2n) is 3.32. The molecule has 1 aromatic rings. The van der Waals surface area contributed by atoms with Crippen molar-refractivity contribution in [3.05, 3.63) is 24.4 Å². The van der Waals surface area contributed by atoms with Crippen LogP contribution in [0.2, 0.25) is 0 Å². The van der Waals surface area contributed by atoms with Gasteiger partial charge in [-0.15, -0.1) is 12.4 Å². The van der Waals surface area contributed by atoms with Gasteiger partial charge in [0, 0.05) is 32.4 Å². The van der Waals surface area contributed by atoms with Crippen LogP contribution >= 0.6 is 12.4 Å². The first-order valence-corrected chi connectivity index (χ1v) is 6.27. The van der Waals surface area contributed by atoms with Crippen molar-refractivity contribution in [1.82, 2.24) is 14.6 Å². The van der Waals surface area contributed by atoms with Crippen LogP contribution in [0.4, 0.5) is 0 Å². The maximum atomic E-state index is 12.0. The van der Waals surface area contributed by atoms with Crippen molar-refractivity contribution in [2.75, 3.05) is 26.2 Å². The summed E-state index contributed by atoms with van der Waals surface area (Å²) in [7, 11) is -3.38. The Morgan fingerprint density at radius 3 is 2.50 bits per heavy atom. The van der Waals surface area contributed by atoms with Gasteiger partial charge in [0.05, 0.1) is 0 Å². The van der Waals surface area contributed by atoms with E-state index in [-0.39, 0.29) is 17.4 Å². The molecule has 0 saturated carbocycles. The quantitative estimate of drug-likeness (QED) is 0.822. The number of sulfonamides is 1. The molecule has 5 nitrogen and oxygen atoms in total. The Labute approximate surface area is 101 Å². The Kier molecular flexibility index (Phi) is 4.67. The summed E-state index contributed by atoms with van der Waals surface area (Å²) in [6, 6.07) is 4.91. The van der Waals surface area contributed by atoms with E-state index in [0.29, 0.717) is 26.2 Å². The van der Waals surface area contributed by atoms with E-state index in [2.05, 4.69) is 10.3 Å². The summed E-state index contributed by atoms with van der Waals surface area (Å²) in [5.41, 5.74) is 0. The van der Waals surface area contributed by atoms with Crippen molar-refractivity contribution < 1.29 is 8.42 Å². The van der Waals surface area contributed by atoms with Gasteiger partial charge in [0.25, 0.3) is 10.0 Å². The third-order valence-electron chi connectivity index (χ3n) is 2.32. The molecule has 0 unspecified atom stereocenters. The van der Waals surface area contributed by atoms with Crippen LogP contribution in [0.15, 0.2) is 29.4 Å². The zero-order valence-electron chi connectivity index (χ0n) is 8.67. The van der Waals surface area contributed by atoms with Crippen LogP contribution in [-0.2, 0) is 10.0 Å². The molecular weight excluding hydrogens is 250 g/mol. The Morgan fingerprint density at radius 1 is 1.25 bits per heavy atom. The van der Waals surface area contributed by atoms with Gasteiger partial charge in [-0.25, -0.2) is 13.4 Å². The molecule has 0 atom stereocenters. The minimum Gasteiger partial charge on any atom is -0.314 e. The highest BCUT2D eigenvalue weighted by molar-refractivity contribution is 7.89. The number of hydrogen-bond acceptors (Lipinski definition) is 4. The number of nitrogens with zero attached hydrogens (tertiary/aromatic N) is 2. The van der Waals surface area contributed by atoms with Crippen molar-refractivity contribution in [2.24, 2.45) is 0 Å². The van der Waals surface area contributed by atoms with Crippen molar-refractivity contribution in [1.29, 1.82) is 0 Å². The summed E-state index contributed by atoms with van der Waals surface area (Å²) in [5.74, 6) is 0. The van der Waals surface area contributed by atoms with Gasteiger partial charge in [-0.05, 0) is 12.1 Å². The maximum absolute atomic E-state index is 12.0. The molecule has 1 N–H and O–H groups in total. The summed E-state index contributed by atoms with van der Waals surface area (Å²) < 4.78 is 25.5. The smallest absolute Gasteiger partial charge is 0.260 e. The first kappa shape index (κ1) is 13.4. The molecule has 0 aromatic carbocycles. The lowest BCUT2D eigenvalue weighted by molar-refractivity contribution is 0.359. The van der Waals surface area contributed by atoms with E-state index < -0.39 is 10.0 Å². The molecule has 1 aliphatic heterocycles. The molecule has 1 saturated heterocycles. The van der Waals surface area contributed by atoms with E-state index in [0.717, 1.165) is 0 Å². The molecule has 2 heterocycles. The van der Waals surface area contributed by atoms with Gasteiger partial charge in [-0.2, -0.15) is 4.31 Å². The zero-order valence-corrected chi connectivity index (χ0v) is 10.3. The lowest BCUT2D eigenvalue weighted by Gasteiger charge is -2.25. The van der Waals surface area contributed by atoms with Crippen molar-refractivity contribution in [3.8, 4) is 0 Å². The fourth-order valence-corrected chi connectivity index (χ4v) is 2.89. The molecule has 0 radical (unpaired) electrons. The number of halogens is 1. The lowest BCUT2D eigenvalue weighted by Crippen LogP contribution is -2.46. The first-order chi connectivity index (χ1) is 7.21. The van der Waals surface area contributed by atoms with Crippen LogP contribution in [-0.4, -0.2) is 43.9 Å². The van der Waals surface area contributed by atoms with Crippen molar-refractivity contribution >= 4 is 22.4 Å². The van der Waals surface area contributed by atoms with Crippen LogP contribution in [0, 0.1) is 0 Å². The van der Waals surface area contributed by atoms with E-state index >= 15 is 0 Å². The summed E-state index contributed by atoms with van der Waals surface area (Å²) >= 11 is 0. The van der Waals surface area contributed by atoms with Crippen LogP contribution in [0.1, 0.15) is 0 Å². The summed E-state index contributed by atoms with van der Waals surface area (Å²) in [6.07, 6.45) is 1.50. The third kappa shape index (κ3) is 2.70. The Morgan fingerprint density at radius 2 is 1.94 bits per heavy atom. The van der Waals surface area contributed by atoms with E-state index in [1.165, 1.54) is 16.6 Å². The van der Waals surface area contributed by atoms with Gasteiger partial charge in [-0.3, -0.25) is 0 Å². The maximum Gasteiger partial charge on any atom is 0.260 e. The van der Waals surface area contributed by atoms with Gasteiger partial charge in [0.2, 0.25) is 0 Å². The van der Waals surface area contributed by atoms with Gasteiger partial charge >= 0.3 is 0 Å². The lowest BCUT2D eigenvalue weighted by atomic mass is 10.4. The van der Waals surface area contributed by atoms with E-state index in [9.17, 15) is 8.42 Å². The molecule has 1 aromatic heterocycles. The number of hydrogen-bond donors (Lipinski definition) is 1. The molecule has 0 bridgehead atoms. The SMILES string of the molecule is Cl.O=S(=O)(c1ccccn1)N1CCNCC1. The number of pyridine rings is 1. The molecule has 16 heavy (non-hydrogen) atoms. The monoisotopic (exact) mass is 263 g/mol. The first-order valence-electron chi connectivity index (χ1n) is 4.83. The fraction of sp³-hybridized carbons (Fsp3) is 0.444. The summed E-state index contributed by atoms with van der Waals surface area (Å²) in [6.45, 7) is 2.43. The van der Waals surface area contributed by atoms with Crippen molar-refractivity contribution in [3.63, 3.8) is 0 Å². The topological polar surface area (TPSA) is 62.3 Å². The highest BCUT2D eigenvalue weighted by Crippen LogP contribution is 2.12. The minimum absolute atomic E-state index is 0. The second-order valence-corrected chi connectivity index (χ2v) is 5.21. The predicted molar refractivity (Wildman–Crippen MR) is 63.1 cm³/mol. The Bertz CT molecular complexity index is 418. The highest BCUT2D eigenvalue weighted by atomic mass is 35.5. The third-order valence-corrected chi connectivity index (χ3v) is 4.13. The number of piperazine rings is 1. The average Bonchev–Trinajstić information content (AvgIpc) is 2.31. The molecule has 1 fully saturated rings. The van der Waals surface area contributed by atoms with Gasteiger partial charge < -0.3 is 5.32 Å². The summed E-state index contributed by atoms with van der Waals surface area (Å²) in [5, 5.41) is 3.24.